The number of hydrogen-bond acceptors (Lipinski definition) is 3. The van der Waals surface area contributed by atoms with Gasteiger partial charge in [0, 0.05) is 31.6 Å². The normalized spacial score (nSPS) is 10.3. The van der Waals surface area contributed by atoms with Crippen molar-refractivity contribution in [3.8, 4) is 5.75 Å². The van der Waals surface area contributed by atoms with Crippen LogP contribution in [0.3, 0.4) is 0 Å². The molecule has 0 aliphatic rings. The fourth-order valence-corrected chi connectivity index (χ4v) is 2.70. The number of hydrogen-bond donors (Lipinski definition) is 1. The average Bonchev–Trinajstić information content (AvgIpc) is 2.65. The first-order valence-electron chi connectivity index (χ1n) is 8.42. The van der Waals surface area contributed by atoms with Crippen molar-refractivity contribution < 1.29 is 14.3 Å². The van der Waals surface area contributed by atoms with E-state index in [0.717, 1.165) is 12.0 Å². The molecule has 0 fully saturated rings. The Kier molecular flexibility index (Phi) is 7.48. The highest BCUT2D eigenvalue weighted by molar-refractivity contribution is 6.30. The Hall–Kier alpha value is -2.53. The van der Waals surface area contributed by atoms with E-state index in [1.807, 2.05) is 30.3 Å². The fraction of sp³-hybridized carbons (Fsp3) is 0.300. The number of ether oxygens (including phenoxy) is 1. The van der Waals surface area contributed by atoms with E-state index in [-0.39, 0.29) is 11.8 Å². The Morgan fingerprint density at radius 1 is 1.08 bits per heavy atom. The van der Waals surface area contributed by atoms with Gasteiger partial charge in [-0.05, 0) is 36.2 Å². The van der Waals surface area contributed by atoms with Crippen LogP contribution in [0.15, 0.2) is 48.5 Å². The number of methoxy groups -OCH3 is 1. The summed E-state index contributed by atoms with van der Waals surface area (Å²) in [4.78, 5) is 25.8. The van der Waals surface area contributed by atoms with Gasteiger partial charge in [0.25, 0.3) is 5.91 Å². The van der Waals surface area contributed by atoms with Crippen molar-refractivity contribution in [3.05, 3.63) is 64.7 Å². The van der Waals surface area contributed by atoms with Crippen LogP contribution in [0.5, 0.6) is 5.75 Å². The minimum Gasteiger partial charge on any atom is -0.496 e. The van der Waals surface area contributed by atoms with Crippen LogP contribution in [0.4, 0.5) is 0 Å². The van der Waals surface area contributed by atoms with Gasteiger partial charge in [0.1, 0.15) is 5.75 Å². The van der Waals surface area contributed by atoms with Crippen LogP contribution < -0.4 is 10.1 Å². The summed E-state index contributed by atoms with van der Waals surface area (Å²) in [6.45, 7) is 2.94. The van der Waals surface area contributed by atoms with Crippen LogP contribution in [-0.2, 0) is 11.2 Å². The molecule has 0 aliphatic heterocycles. The van der Waals surface area contributed by atoms with Crippen molar-refractivity contribution in [1.82, 2.24) is 10.2 Å². The summed E-state index contributed by atoms with van der Waals surface area (Å²) in [6, 6.07) is 14.6. The van der Waals surface area contributed by atoms with E-state index >= 15 is 0 Å². The summed E-state index contributed by atoms with van der Waals surface area (Å²) in [6.07, 6.45) is 0.733. The third-order valence-corrected chi connectivity index (χ3v) is 4.30. The zero-order valence-corrected chi connectivity index (χ0v) is 15.8. The van der Waals surface area contributed by atoms with Crippen molar-refractivity contribution >= 4 is 23.4 Å². The molecule has 0 saturated heterocycles. The lowest BCUT2D eigenvalue weighted by molar-refractivity contribution is -0.128. The van der Waals surface area contributed by atoms with Gasteiger partial charge in [0.2, 0.25) is 5.91 Å². The minimum absolute atomic E-state index is 0.0227. The molecule has 5 nitrogen and oxygen atoms in total. The monoisotopic (exact) mass is 374 g/mol. The number of halogens is 1. The third-order valence-electron chi connectivity index (χ3n) is 4.05. The molecule has 0 saturated carbocycles. The maximum atomic E-state index is 12.3. The summed E-state index contributed by atoms with van der Waals surface area (Å²) in [5, 5.41) is 3.53. The number of rotatable bonds is 8. The number of carbonyl (C=O) groups excluding carboxylic acids is 2. The molecule has 0 atom stereocenters. The molecule has 0 aliphatic carbocycles. The number of nitrogens with zero attached hydrogens (tertiary/aromatic N) is 1. The zero-order chi connectivity index (χ0) is 18.9. The second-order valence-electron chi connectivity index (χ2n) is 5.84. The van der Waals surface area contributed by atoms with Crippen LogP contribution in [0, 0.1) is 0 Å². The third kappa shape index (κ3) is 5.77. The second-order valence-corrected chi connectivity index (χ2v) is 6.28. The SMILES string of the molecule is COc1ccccc1C(=O)NCCN(CCc1ccc(Cl)cc1)C(C)=O. The molecule has 0 bridgehead atoms. The van der Waals surface area contributed by atoms with E-state index < -0.39 is 0 Å². The van der Waals surface area contributed by atoms with Gasteiger partial charge in [-0.15, -0.1) is 0 Å². The molecule has 138 valence electrons. The Morgan fingerprint density at radius 2 is 1.77 bits per heavy atom. The van der Waals surface area contributed by atoms with Gasteiger partial charge in [0.05, 0.1) is 12.7 Å². The molecule has 0 aromatic heterocycles. The van der Waals surface area contributed by atoms with Crippen molar-refractivity contribution in [2.45, 2.75) is 13.3 Å². The molecule has 2 aromatic carbocycles. The van der Waals surface area contributed by atoms with Gasteiger partial charge in [-0.2, -0.15) is 0 Å². The number of para-hydroxylation sites is 1. The summed E-state index contributed by atoms with van der Waals surface area (Å²) in [5.74, 6) is 0.283. The summed E-state index contributed by atoms with van der Waals surface area (Å²) in [7, 11) is 1.53. The smallest absolute Gasteiger partial charge is 0.255 e. The lowest BCUT2D eigenvalue weighted by Gasteiger charge is -2.21. The predicted octanol–water partition coefficient (Wildman–Crippen LogP) is 3.17. The standard InChI is InChI=1S/C20H23ClN2O3/c1-15(24)23(13-11-16-7-9-17(21)10-8-16)14-12-22-20(25)18-5-3-4-6-19(18)26-2/h3-10H,11-14H2,1-2H3,(H,22,25). The molecule has 26 heavy (non-hydrogen) atoms. The highest BCUT2D eigenvalue weighted by Gasteiger charge is 2.13. The summed E-state index contributed by atoms with van der Waals surface area (Å²) >= 11 is 5.88. The van der Waals surface area contributed by atoms with Crippen LogP contribution in [0.25, 0.3) is 0 Å². The zero-order valence-electron chi connectivity index (χ0n) is 15.0. The molecule has 1 N–H and O–H groups in total. The molecule has 6 heteroatoms. The van der Waals surface area contributed by atoms with Crippen LogP contribution in [0.1, 0.15) is 22.8 Å². The van der Waals surface area contributed by atoms with Crippen molar-refractivity contribution in [2.24, 2.45) is 0 Å². The van der Waals surface area contributed by atoms with Gasteiger partial charge >= 0.3 is 0 Å². The van der Waals surface area contributed by atoms with Crippen molar-refractivity contribution in [1.29, 1.82) is 0 Å². The van der Waals surface area contributed by atoms with Crippen LogP contribution in [-0.4, -0.2) is 43.5 Å². The van der Waals surface area contributed by atoms with Crippen LogP contribution in [0.2, 0.25) is 5.02 Å². The molecular weight excluding hydrogens is 352 g/mol. The number of nitrogens with one attached hydrogen (secondary N) is 1. The highest BCUT2D eigenvalue weighted by Crippen LogP contribution is 2.16. The lowest BCUT2D eigenvalue weighted by atomic mass is 10.1. The Morgan fingerprint density at radius 3 is 2.42 bits per heavy atom. The molecule has 0 heterocycles. The number of amides is 2. The molecule has 2 rings (SSSR count). The first-order chi connectivity index (χ1) is 12.5. The topological polar surface area (TPSA) is 58.6 Å². The average molecular weight is 375 g/mol. The minimum atomic E-state index is -0.219. The van der Waals surface area contributed by atoms with Gasteiger partial charge in [-0.1, -0.05) is 35.9 Å². The fourth-order valence-electron chi connectivity index (χ4n) is 2.57. The predicted molar refractivity (Wildman–Crippen MR) is 103 cm³/mol. The Bertz CT molecular complexity index is 747. The Balaban J connectivity index is 1.85. The largest absolute Gasteiger partial charge is 0.496 e. The van der Waals surface area contributed by atoms with E-state index in [1.54, 1.807) is 23.1 Å². The second kappa shape index (κ2) is 9.82. The van der Waals surface area contributed by atoms with E-state index in [9.17, 15) is 9.59 Å². The molecular formula is C20H23ClN2O3. The summed E-state index contributed by atoms with van der Waals surface area (Å²) in [5.41, 5.74) is 1.59. The molecule has 0 unspecified atom stereocenters. The van der Waals surface area contributed by atoms with E-state index in [1.165, 1.54) is 14.0 Å². The van der Waals surface area contributed by atoms with Crippen molar-refractivity contribution in [3.63, 3.8) is 0 Å². The van der Waals surface area contributed by atoms with E-state index in [4.69, 9.17) is 16.3 Å². The summed E-state index contributed by atoms with van der Waals surface area (Å²) < 4.78 is 5.19. The van der Waals surface area contributed by atoms with E-state index in [0.29, 0.717) is 36.0 Å². The molecule has 2 aromatic rings. The van der Waals surface area contributed by atoms with Gasteiger partial charge in [0.15, 0.2) is 0 Å². The lowest BCUT2D eigenvalue weighted by Crippen LogP contribution is -2.38. The van der Waals surface area contributed by atoms with Gasteiger partial charge in [-0.3, -0.25) is 9.59 Å². The molecule has 0 radical (unpaired) electrons. The van der Waals surface area contributed by atoms with Gasteiger partial charge in [-0.25, -0.2) is 0 Å². The van der Waals surface area contributed by atoms with Crippen molar-refractivity contribution in [2.75, 3.05) is 26.7 Å². The highest BCUT2D eigenvalue weighted by atomic mass is 35.5. The first-order valence-corrected chi connectivity index (χ1v) is 8.80. The first kappa shape index (κ1) is 19.8. The molecule has 2 amide bonds. The molecule has 0 spiro atoms. The van der Waals surface area contributed by atoms with E-state index in [2.05, 4.69) is 5.32 Å². The Labute approximate surface area is 158 Å². The maximum absolute atomic E-state index is 12.3. The van der Waals surface area contributed by atoms with Gasteiger partial charge < -0.3 is 15.0 Å². The van der Waals surface area contributed by atoms with Crippen LogP contribution >= 0.6 is 11.6 Å². The quantitative estimate of drug-likeness (QED) is 0.772. The number of benzene rings is 2. The number of carbonyl (C=O) groups is 2. The maximum Gasteiger partial charge on any atom is 0.255 e.